The molecule has 0 bridgehead atoms. The van der Waals surface area contributed by atoms with Crippen LogP contribution in [-0.4, -0.2) is 30.5 Å². The summed E-state index contributed by atoms with van der Waals surface area (Å²) in [4.78, 5) is 27.9. The quantitative estimate of drug-likeness (QED) is 0.329. The molecule has 1 atom stereocenters. The molecule has 0 radical (unpaired) electrons. The molecular formula is C27H25NO5. The Balaban J connectivity index is 1.92. The maximum atomic E-state index is 13.2. The Morgan fingerprint density at radius 1 is 0.970 bits per heavy atom. The molecule has 33 heavy (non-hydrogen) atoms. The van der Waals surface area contributed by atoms with Gasteiger partial charge in [0, 0.05) is 16.8 Å². The zero-order chi connectivity index (χ0) is 23.5. The van der Waals surface area contributed by atoms with Crippen molar-refractivity contribution in [3.63, 3.8) is 0 Å². The fourth-order valence-electron chi connectivity index (χ4n) is 4.02. The summed E-state index contributed by atoms with van der Waals surface area (Å²) in [5, 5.41) is 11.2. The molecule has 1 aliphatic rings. The van der Waals surface area contributed by atoms with E-state index in [9.17, 15) is 14.7 Å². The van der Waals surface area contributed by atoms with E-state index in [1.165, 1.54) is 12.0 Å². The largest absolute Gasteiger partial charge is 0.507 e. The van der Waals surface area contributed by atoms with Crippen molar-refractivity contribution in [2.75, 3.05) is 18.6 Å². The van der Waals surface area contributed by atoms with E-state index in [1.807, 2.05) is 38.1 Å². The molecule has 0 aliphatic carbocycles. The number of anilines is 1. The zero-order valence-corrected chi connectivity index (χ0v) is 18.7. The van der Waals surface area contributed by atoms with Gasteiger partial charge in [0.15, 0.2) is 0 Å². The molecule has 6 nitrogen and oxygen atoms in total. The van der Waals surface area contributed by atoms with Crippen LogP contribution in [0, 0.1) is 6.92 Å². The van der Waals surface area contributed by atoms with Crippen molar-refractivity contribution in [2.45, 2.75) is 19.9 Å². The van der Waals surface area contributed by atoms with Crippen molar-refractivity contribution in [3.8, 4) is 11.5 Å². The molecule has 1 N–H and O–H groups in total. The highest BCUT2D eigenvalue weighted by Crippen LogP contribution is 2.44. The number of aliphatic hydroxyl groups is 1. The number of para-hydroxylation sites is 1. The Morgan fingerprint density at radius 2 is 1.64 bits per heavy atom. The molecule has 168 valence electrons. The van der Waals surface area contributed by atoms with Gasteiger partial charge in [-0.15, -0.1) is 0 Å². The maximum Gasteiger partial charge on any atom is 0.300 e. The third kappa shape index (κ3) is 4.07. The summed E-state index contributed by atoms with van der Waals surface area (Å²) < 4.78 is 11.0. The van der Waals surface area contributed by atoms with Gasteiger partial charge in [0.2, 0.25) is 0 Å². The van der Waals surface area contributed by atoms with Crippen LogP contribution in [0.25, 0.3) is 5.76 Å². The van der Waals surface area contributed by atoms with Gasteiger partial charge in [-0.1, -0.05) is 35.9 Å². The Labute approximate surface area is 192 Å². The monoisotopic (exact) mass is 443 g/mol. The van der Waals surface area contributed by atoms with Crippen molar-refractivity contribution >= 4 is 23.1 Å². The van der Waals surface area contributed by atoms with Crippen LogP contribution in [-0.2, 0) is 9.59 Å². The van der Waals surface area contributed by atoms with Crippen molar-refractivity contribution in [3.05, 3.63) is 95.1 Å². The number of carbonyl (C=O) groups is 2. The molecule has 3 aromatic carbocycles. The van der Waals surface area contributed by atoms with Gasteiger partial charge in [-0.25, -0.2) is 0 Å². The number of amides is 1. The summed E-state index contributed by atoms with van der Waals surface area (Å²) in [6, 6.07) is 20.4. The van der Waals surface area contributed by atoms with Crippen LogP contribution in [0.5, 0.6) is 11.5 Å². The second-order valence-corrected chi connectivity index (χ2v) is 7.70. The van der Waals surface area contributed by atoms with Crippen molar-refractivity contribution in [1.29, 1.82) is 0 Å². The van der Waals surface area contributed by atoms with Crippen molar-refractivity contribution in [1.82, 2.24) is 0 Å². The average molecular weight is 443 g/mol. The van der Waals surface area contributed by atoms with Crippen LogP contribution in [0.3, 0.4) is 0 Å². The summed E-state index contributed by atoms with van der Waals surface area (Å²) in [5.41, 5.74) is 2.62. The highest BCUT2D eigenvalue weighted by molar-refractivity contribution is 6.51. The number of rotatable bonds is 6. The number of hydrogen-bond acceptors (Lipinski definition) is 5. The minimum Gasteiger partial charge on any atom is -0.507 e. The van der Waals surface area contributed by atoms with Gasteiger partial charge in [0.1, 0.15) is 17.3 Å². The lowest BCUT2D eigenvalue weighted by atomic mass is 9.94. The van der Waals surface area contributed by atoms with E-state index < -0.39 is 17.7 Å². The predicted molar refractivity (Wildman–Crippen MR) is 127 cm³/mol. The van der Waals surface area contributed by atoms with Crippen LogP contribution < -0.4 is 14.4 Å². The number of methoxy groups -OCH3 is 1. The summed E-state index contributed by atoms with van der Waals surface area (Å²) in [6.45, 7) is 4.34. The van der Waals surface area contributed by atoms with Crippen LogP contribution in [0.1, 0.15) is 29.7 Å². The van der Waals surface area contributed by atoms with Gasteiger partial charge in [0.05, 0.1) is 25.3 Å². The Hall–Kier alpha value is -4.06. The normalized spacial score (nSPS) is 17.3. The van der Waals surface area contributed by atoms with Gasteiger partial charge in [-0.3, -0.25) is 14.5 Å². The van der Waals surface area contributed by atoms with Crippen molar-refractivity contribution < 1.29 is 24.2 Å². The second kappa shape index (κ2) is 9.20. The first kappa shape index (κ1) is 22.1. The minimum absolute atomic E-state index is 0.00855. The minimum atomic E-state index is -0.851. The zero-order valence-electron chi connectivity index (χ0n) is 18.7. The second-order valence-electron chi connectivity index (χ2n) is 7.70. The highest BCUT2D eigenvalue weighted by atomic mass is 16.5. The molecular weight excluding hydrogens is 418 g/mol. The number of hydrogen-bond donors (Lipinski definition) is 1. The molecule has 4 rings (SSSR count). The number of aliphatic hydroxyl groups excluding tert-OH is 1. The standard InChI is InChI=1S/C27H25NO5/c1-4-33-20-15-11-18(12-16-20)25(29)23-24(21-7-5-6-8-22(21)32-3)28(27(31)26(23)30)19-13-9-17(2)10-14-19/h5-16,24,29H,4H2,1-3H3/b25-23-. The molecule has 1 amide bonds. The lowest BCUT2D eigenvalue weighted by Gasteiger charge is -2.26. The Morgan fingerprint density at radius 3 is 2.27 bits per heavy atom. The molecule has 0 saturated carbocycles. The number of benzene rings is 3. The number of nitrogens with zero attached hydrogens (tertiary/aromatic N) is 1. The summed E-state index contributed by atoms with van der Waals surface area (Å²) in [7, 11) is 1.53. The highest BCUT2D eigenvalue weighted by Gasteiger charge is 2.47. The van der Waals surface area contributed by atoms with Gasteiger partial charge in [-0.05, 0) is 56.3 Å². The molecule has 6 heteroatoms. The summed E-state index contributed by atoms with van der Waals surface area (Å²) >= 11 is 0. The molecule has 0 spiro atoms. The molecule has 1 saturated heterocycles. The van der Waals surface area contributed by atoms with Crippen LogP contribution in [0.2, 0.25) is 0 Å². The molecule has 3 aromatic rings. The number of Topliss-reactive ketones (excluding diaryl/α,β-unsaturated/α-hetero) is 1. The summed E-state index contributed by atoms with van der Waals surface area (Å²) in [6.07, 6.45) is 0. The van der Waals surface area contributed by atoms with E-state index in [0.29, 0.717) is 34.9 Å². The first-order valence-corrected chi connectivity index (χ1v) is 10.7. The molecule has 1 aliphatic heterocycles. The molecule has 1 heterocycles. The SMILES string of the molecule is CCOc1ccc(/C(O)=C2/C(=O)C(=O)N(c3ccc(C)cc3)C2c2ccccc2OC)cc1. The van der Waals surface area contributed by atoms with Crippen molar-refractivity contribution in [2.24, 2.45) is 0 Å². The fourth-order valence-corrected chi connectivity index (χ4v) is 4.02. The van der Waals surface area contributed by atoms with Gasteiger partial charge in [0.25, 0.3) is 11.7 Å². The van der Waals surface area contributed by atoms with Crippen LogP contribution >= 0.6 is 0 Å². The summed E-state index contributed by atoms with van der Waals surface area (Å²) in [5.74, 6) is -0.545. The van der Waals surface area contributed by atoms with E-state index in [4.69, 9.17) is 9.47 Å². The van der Waals surface area contributed by atoms with E-state index in [2.05, 4.69) is 0 Å². The van der Waals surface area contributed by atoms with Crippen LogP contribution in [0.15, 0.2) is 78.4 Å². The third-order valence-electron chi connectivity index (χ3n) is 5.63. The average Bonchev–Trinajstić information content (AvgIpc) is 3.10. The molecule has 1 unspecified atom stereocenters. The van der Waals surface area contributed by atoms with E-state index in [-0.39, 0.29) is 11.3 Å². The van der Waals surface area contributed by atoms with Gasteiger partial charge >= 0.3 is 0 Å². The van der Waals surface area contributed by atoms with E-state index >= 15 is 0 Å². The number of ketones is 1. The van der Waals surface area contributed by atoms with Crippen LogP contribution in [0.4, 0.5) is 5.69 Å². The predicted octanol–water partition coefficient (Wildman–Crippen LogP) is 5.03. The van der Waals surface area contributed by atoms with E-state index in [0.717, 1.165) is 5.56 Å². The van der Waals surface area contributed by atoms with Gasteiger partial charge < -0.3 is 14.6 Å². The smallest absolute Gasteiger partial charge is 0.300 e. The Bertz CT molecular complexity index is 1210. The number of aryl methyl sites for hydroxylation is 1. The number of carbonyl (C=O) groups excluding carboxylic acids is 2. The topological polar surface area (TPSA) is 76.1 Å². The molecule has 0 aromatic heterocycles. The molecule has 1 fully saturated rings. The third-order valence-corrected chi connectivity index (χ3v) is 5.63. The van der Waals surface area contributed by atoms with Gasteiger partial charge in [-0.2, -0.15) is 0 Å². The lowest BCUT2D eigenvalue weighted by molar-refractivity contribution is -0.132. The van der Waals surface area contributed by atoms with E-state index in [1.54, 1.807) is 48.5 Å². The Kier molecular flexibility index (Phi) is 6.18. The fraction of sp³-hybridized carbons (Fsp3) is 0.185. The first-order chi connectivity index (χ1) is 16.0. The number of ether oxygens (including phenoxy) is 2. The lowest BCUT2D eigenvalue weighted by Crippen LogP contribution is -2.29. The maximum absolute atomic E-state index is 13.2. The first-order valence-electron chi connectivity index (χ1n) is 10.7.